The monoisotopic (exact) mass is 349 g/mol. The van der Waals surface area contributed by atoms with Gasteiger partial charge in [0.2, 0.25) is 0 Å². The molecule has 138 valence electrons. The molecule has 1 aliphatic rings. The molecule has 0 aromatic carbocycles. The maximum atomic E-state index is 11.8. The number of hydrogen-bond acceptors (Lipinski definition) is 5. The van der Waals surface area contributed by atoms with E-state index in [9.17, 15) is 24.3 Å². The summed E-state index contributed by atoms with van der Waals surface area (Å²) in [6.45, 7) is -2.57. The van der Waals surface area contributed by atoms with E-state index in [1.165, 1.54) is 0 Å². The normalized spacial score (nSPS) is 16.7. The summed E-state index contributed by atoms with van der Waals surface area (Å²) in [5.74, 6) is -6.04. The second-order valence-electron chi connectivity index (χ2n) is 6.06. The lowest BCUT2D eigenvalue weighted by molar-refractivity contribution is -0.927. The first-order chi connectivity index (χ1) is 10.7. The van der Waals surface area contributed by atoms with Gasteiger partial charge in [0.1, 0.15) is 0 Å². The fraction of sp³-hybridized carbons (Fsp3) is 0.714. The van der Waals surface area contributed by atoms with E-state index >= 15 is 0 Å². The minimum Gasteiger partial charge on any atom is -0.477 e. The predicted molar refractivity (Wildman–Crippen MR) is 80.8 cm³/mol. The van der Waals surface area contributed by atoms with Crippen LogP contribution in [-0.4, -0.2) is 74.5 Å². The summed E-state index contributed by atoms with van der Waals surface area (Å²) in [7, 11) is 0. The number of carbonyl (C=O) groups is 4. The average Bonchev–Trinajstić information content (AvgIpc) is 2.36. The molecule has 10 nitrogen and oxygen atoms in total. The van der Waals surface area contributed by atoms with Gasteiger partial charge in [-0.05, 0) is 12.8 Å². The first-order valence-corrected chi connectivity index (χ1v) is 7.42. The molecule has 1 atom stereocenters. The van der Waals surface area contributed by atoms with Gasteiger partial charge in [0.25, 0.3) is 0 Å². The summed E-state index contributed by atoms with van der Waals surface area (Å²) in [4.78, 5) is 45.4. The number of rotatable bonds is 9. The molecular weight excluding hydrogens is 324 g/mol. The van der Waals surface area contributed by atoms with E-state index in [0.29, 0.717) is 12.8 Å². The molecule has 0 saturated heterocycles. The zero-order valence-corrected chi connectivity index (χ0v) is 13.4. The Labute approximate surface area is 138 Å². The summed E-state index contributed by atoms with van der Waals surface area (Å²) in [5, 5.41) is 36.9. The van der Waals surface area contributed by atoms with E-state index in [1.54, 1.807) is 0 Å². The lowest BCUT2D eigenvalue weighted by Gasteiger charge is -2.43. The number of quaternary nitrogens is 1. The molecule has 0 radical (unpaired) electrons. The van der Waals surface area contributed by atoms with Gasteiger partial charge in [-0.3, -0.25) is 4.48 Å². The highest BCUT2D eigenvalue weighted by atomic mass is 16.4. The third-order valence-electron chi connectivity index (χ3n) is 4.29. The molecule has 0 aromatic heterocycles. The first-order valence-electron chi connectivity index (χ1n) is 7.42. The van der Waals surface area contributed by atoms with E-state index in [1.807, 2.05) is 0 Å². The van der Waals surface area contributed by atoms with Crippen molar-refractivity contribution in [2.45, 2.75) is 38.1 Å². The van der Waals surface area contributed by atoms with Crippen molar-refractivity contribution in [2.75, 3.05) is 19.6 Å². The Morgan fingerprint density at radius 1 is 0.792 bits per heavy atom. The summed E-state index contributed by atoms with van der Waals surface area (Å²) in [6.07, 6.45) is 3.51. The van der Waals surface area contributed by atoms with Crippen LogP contribution < -0.4 is 6.15 Å². The largest absolute Gasteiger partial charge is 0.477 e. The number of carboxylic acids is 4. The van der Waals surface area contributed by atoms with Crippen molar-refractivity contribution < 1.29 is 44.1 Å². The summed E-state index contributed by atoms with van der Waals surface area (Å²) >= 11 is 0. The predicted octanol–water partition coefficient (Wildman–Crippen LogP) is 0.253. The van der Waals surface area contributed by atoms with Crippen LogP contribution >= 0.6 is 0 Å². The third-order valence-corrected chi connectivity index (χ3v) is 4.29. The lowest BCUT2D eigenvalue weighted by Crippen LogP contribution is -2.66. The molecule has 10 heteroatoms. The van der Waals surface area contributed by atoms with Gasteiger partial charge in [-0.25, -0.2) is 19.2 Å². The van der Waals surface area contributed by atoms with Crippen LogP contribution in [0.3, 0.4) is 0 Å². The standard InChI is InChI=1S/C14H21NO8.H3N/c16-10(17)6-15(7-11(18)19,8-12(20)21)13(14(22)23)9-4-2-1-3-5-9;/h9,13H,1-8H2,(H3-,16,17,18,19,20,21,22,23);1H3/p+1. The molecule has 7 N–H and O–H groups in total. The minimum atomic E-state index is -1.42. The molecule has 0 heterocycles. The van der Waals surface area contributed by atoms with Crippen molar-refractivity contribution in [3.8, 4) is 0 Å². The summed E-state index contributed by atoms with van der Waals surface area (Å²) in [5.41, 5.74) is 0. The van der Waals surface area contributed by atoms with Gasteiger partial charge in [-0.2, -0.15) is 0 Å². The van der Waals surface area contributed by atoms with Crippen LogP contribution in [0.4, 0.5) is 0 Å². The molecule has 1 rings (SSSR count). The van der Waals surface area contributed by atoms with Crippen LogP contribution in [0, 0.1) is 5.92 Å². The molecule has 0 aromatic rings. The van der Waals surface area contributed by atoms with Crippen molar-refractivity contribution >= 4 is 23.9 Å². The highest BCUT2D eigenvalue weighted by Crippen LogP contribution is 2.33. The maximum Gasteiger partial charge on any atom is 0.362 e. The Hall–Kier alpha value is -2.20. The zero-order chi connectivity index (χ0) is 17.6. The SMILES string of the molecule is N.O=C(O)C[N+](CC(=O)O)(CC(=O)O)C(C(=O)O)C1CCCCC1. The van der Waals surface area contributed by atoms with E-state index in [-0.39, 0.29) is 6.15 Å². The van der Waals surface area contributed by atoms with Crippen LogP contribution in [-0.2, 0) is 19.2 Å². The maximum absolute atomic E-state index is 11.8. The zero-order valence-electron chi connectivity index (χ0n) is 13.4. The van der Waals surface area contributed by atoms with E-state index in [4.69, 9.17) is 15.3 Å². The van der Waals surface area contributed by atoms with Crippen molar-refractivity contribution in [3.63, 3.8) is 0 Å². The first kappa shape index (κ1) is 21.8. The van der Waals surface area contributed by atoms with Crippen LogP contribution in [0.25, 0.3) is 0 Å². The van der Waals surface area contributed by atoms with Crippen molar-refractivity contribution in [1.82, 2.24) is 6.15 Å². The van der Waals surface area contributed by atoms with Crippen LogP contribution in [0.2, 0.25) is 0 Å². The highest BCUT2D eigenvalue weighted by molar-refractivity contribution is 5.77. The summed E-state index contributed by atoms with van der Waals surface area (Å²) < 4.78 is -1.01. The average molecular weight is 349 g/mol. The molecule has 1 saturated carbocycles. The van der Waals surface area contributed by atoms with Crippen molar-refractivity contribution in [2.24, 2.45) is 5.92 Å². The molecular formula is C14H25N2O8+. The van der Waals surface area contributed by atoms with E-state index < -0.39 is 60.0 Å². The van der Waals surface area contributed by atoms with Gasteiger partial charge in [-0.1, -0.05) is 19.3 Å². The van der Waals surface area contributed by atoms with Gasteiger partial charge in [0.05, 0.1) is 0 Å². The molecule has 1 aliphatic carbocycles. The van der Waals surface area contributed by atoms with E-state index in [2.05, 4.69) is 0 Å². The van der Waals surface area contributed by atoms with Gasteiger partial charge in [-0.15, -0.1) is 0 Å². The van der Waals surface area contributed by atoms with Crippen LogP contribution in [0.5, 0.6) is 0 Å². The topological polar surface area (TPSA) is 184 Å². The smallest absolute Gasteiger partial charge is 0.362 e. The van der Waals surface area contributed by atoms with Crippen LogP contribution in [0.15, 0.2) is 0 Å². The Kier molecular flexibility index (Phi) is 8.34. The third kappa shape index (κ3) is 5.78. The Morgan fingerprint density at radius 2 is 1.17 bits per heavy atom. The lowest BCUT2D eigenvalue weighted by atomic mass is 9.82. The highest BCUT2D eigenvalue weighted by Gasteiger charge is 2.50. The van der Waals surface area contributed by atoms with Gasteiger partial charge in [0.15, 0.2) is 25.7 Å². The molecule has 1 fully saturated rings. The second kappa shape index (κ2) is 9.18. The molecule has 0 bridgehead atoms. The van der Waals surface area contributed by atoms with Crippen LogP contribution in [0.1, 0.15) is 32.1 Å². The van der Waals surface area contributed by atoms with E-state index in [0.717, 1.165) is 19.3 Å². The number of nitrogens with zero attached hydrogens (tertiary/aromatic N) is 1. The number of aliphatic carboxylic acids is 4. The van der Waals surface area contributed by atoms with Gasteiger partial charge < -0.3 is 26.6 Å². The number of hydrogen-bond donors (Lipinski definition) is 5. The molecule has 0 aliphatic heterocycles. The molecule has 24 heavy (non-hydrogen) atoms. The number of carboxylic acid groups (broad SMARTS) is 4. The van der Waals surface area contributed by atoms with Crippen molar-refractivity contribution in [3.05, 3.63) is 0 Å². The van der Waals surface area contributed by atoms with Crippen molar-refractivity contribution in [1.29, 1.82) is 0 Å². The van der Waals surface area contributed by atoms with Gasteiger partial charge in [0, 0.05) is 5.92 Å². The molecule has 1 unspecified atom stereocenters. The molecule has 0 amide bonds. The Balaban J connectivity index is 0.00000529. The minimum absolute atomic E-state index is 0. The summed E-state index contributed by atoms with van der Waals surface area (Å²) in [6, 6.07) is -1.36. The Bertz CT molecular complexity index is 446. The second-order valence-corrected chi connectivity index (χ2v) is 6.06. The Morgan fingerprint density at radius 3 is 1.46 bits per heavy atom. The quantitative estimate of drug-likeness (QED) is 0.364. The fourth-order valence-corrected chi connectivity index (χ4v) is 3.60. The molecule has 0 spiro atoms. The fourth-order valence-electron chi connectivity index (χ4n) is 3.60. The van der Waals surface area contributed by atoms with Gasteiger partial charge >= 0.3 is 23.9 Å².